The second kappa shape index (κ2) is 5.83. The van der Waals surface area contributed by atoms with E-state index in [4.69, 9.17) is 4.74 Å². The number of hydrogen-bond acceptors (Lipinski definition) is 3. The molecule has 0 bridgehead atoms. The van der Waals surface area contributed by atoms with E-state index in [1.165, 1.54) is 25.7 Å². The highest BCUT2D eigenvalue weighted by Gasteiger charge is 2.35. The molecule has 1 atom stereocenters. The molecule has 4 heteroatoms. The molecule has 0 aromatic rings. The predicted molar refractivity (Wildman–Crippen MR) is 66.9 cm³/mol. The third-order valence-electron chi connectivity index (χ3n) is 3.91. The summed E-state index contributed by atoms with van der Waals surface area (Å²) in [5, 5.41) is 6.22. The van der Waals surface area contributed by atoms with Gasteiger partial charge in [-0.2, -0.15) is 0 Å². The van der Waals surface area contributed by atoms with Crippen molar-refractivity contribution in [3.63, 3.8) is 0 Å². The number of carbonyl (C=O) groups is 1. The average molecular weight is 240 g/mol. The third-order valence-corrected chi connectivity index (χ3v) is 3.91. The number of carbonyl (C=O) groups excluding carboxylic acids is 1. The Morgan fingerprint density at radius 2 is 2.18 bits per heavy atom. The molecule has 2 N–H and O–H groups in total. The third kappa shape index (κ3) is 3.42. The summed E-state index contributed by atoms with van der Waals surface area (Å²) in [6.45, 7) is 4.20. The van der Waals surface area contributed by atoms with Crippen LogP contribution in [0.2, 0.25) is 0 Å². The van der Waals surface area contributed by atoms with Crippen molar-refractivity contribution < 1.29 is 9.53 Å². The first-order valence-electron chi connectivity index (χ1n) is 6.86. The van der Waals surface area contributed by atoms with Crippen LogP contribution >= 0.6 is 0 Å². The molecule has 0 spiro atoms. The number of amides is 1. The van der Waals surface area contributed by atoms with Gasteiger partial charge in [0.2, 0.25) is 5.91 Å². The van der Waals surface area contributed by atoms with E-state index in [0.717, 1.165) is 19.4 Å². The molecule has 1 heterocycles. The molecule has 1 amide bonds. The van der Waals surface area contributed by atoms with Crippen LogP contribution in [0.25, 0.3) is 0 Å². The van der Waals surface area contributed by atoms with Crippen LogP contribution in [0, 0.1) is 0 Å². The molecule has 0 aromatic heterocycles. The van der Waals surface area contributed by atoms with Crippen molar-refractivity contribution in [3.8, 4) is 0 Å². The maximum absolute atomic E-state index is 11.9. The van der Waals surface area contributed by atoms with E-state index in [0.29, 0.717) is 19.3 Å². The lowest BCUT2D eigenvalue weighted by molar-refractivity contribution is -0.126. The monoisotopic (exact) mass is 240 g/mol. The van der Waals surface area contributed by atoms with Crippen molar-refractivity contribution in [2.45, 2.75) is 57.1 Å². The molecule has 2 rings (SSSR count). The first kappa shape index (κ1) is 12.8. The van der Waals surface area contributed by atoms with E-state index in [9.17, 15) is 4.79 Å². The van der Waals surface area contributed by atoms with E-state index in [-0.39, 0.29) is 11.4 Å². The highest BCUT2D eigenvalue weighted by Crippen LogP contribution is 2.20. The SMILES string of the molecule is CC1(C(=O)NCCOC2CCCC2)CCCN1. The standard InChI is InChI=1S/C13H24N2O2/c1-13(7-4-8-15-13)12(16)14-9-10-17-11-5-2-3-6-11/h11,15H,2-10H2,1H3,(H,14,16). The van der Waals surface area contributed by atoms with Crippen LogP contribution < -0.4 is 10.6 Å². The predicted octanol–water partition coefficient (Wildman–Crippen LogP) is 1.20. The molecule has 0 radical (unpaired) electrons. The Morgan fingerprint density at radius 3 is 2.82 bits per heavy atom. The molecule has 2 aliphatic rings. The number of hydrogen-bond donors (Lipinski definition) is 2. The summed E-state index contributed by atoms with van der Waals surface area (Å²) >= 11 is 0. The van der Waals surface area contributed by atoms with E-state index < -0.39 is 0 Å². The summed E-state index contributed by atoms with van der Waals surface area (Å²) in [5.74, 6) is 0.116. The lowest BCUT2D eigenvalue weighted by Crippen LogP contribution is -2.51. The molecular weight excluding hydrogens is 216 g/mol. The first-order valence-corrected chi connectivity index (χ1v) is 6.86. The quantitative estimate of drug-likeness (QED) is 0.710. The van der Waals surface area contributed by atoms with Crippen LogP contribution in [0.3, 0.4) is 0 Å². The van der Waals surface area contributed by atoms with Gasteiger partial charge in [0.25, 0.3) is 0 Å². The smallest absolute Gasteiger partial charge is 0.240 e. The molecule has 1 unspecified atom stereocenters. The molecule has 17 heavy (non-hydrogen) atoms. The van der Waals surface area contributed by atoms with Gasteiger partial charge in [-0.05, 0) is 39.2 Å². The molecular formula is C13H24N2O2. The normalized spacial score (nSPS) is 29.7. The first-order chi connectivity index (χ1) is 8.21. The van der Waals surface area contributed by atoms with Gasteiger partial charge in [-0.1, -0.05) is 12.8 Å². The van der Waals surface area contributed by atoms with Gasteiger partial charge in [0.05, 0.1) is 18.2 Å². The van der Waals surface area contributed by atoms with E-state index in [1.807, 2.05) is 6.92 Å². The topological polar surface area (TPSA) is 50.4 Å². The van der Waals surface area contributed by atoms with Gasteiger partial charge in [-0.15, -0.1) is 0 Å². The average Bonchev–Trinajstić information content (AvgIpc) is 2.96. The largest absolute Gasteiger partial charge is 0.376 e. The minimum atomic E-state index is -0.354. The maximum atomic E-state index is 11.9. The molecule has 4 nitrogen and oxygen atoms in total. The van der Waals surface area contributed by atoms with Gasteiger partial charge in [0.1, 0.15) is 0 Å². The zero-order valence-electron chi connectivity index (χ0n) is 10.8. The molecule has 2 fully saturated rings. The molecule has 1 aliphatic heterocycles. The molecule has 1 saturated carbocycles. The molecule has 1 saturated heterocycles. The Balaban J connectivity index is 1.59. The Kier molecular flexibility index (Phi) is 4.40. The van der Waals surface area contributed by atoms with Crippen LogP contribution in [0.15, 0.2) is 0 Å². The van der Waals surface area contributed by atoms with Crippen molar-refractivity contribution in [2.75, 3.05) is 19.7 Å². The summed E-state index contributed by atoms with van der Waals surface area (Å²) in [6, 6.07) is 0. The summed E-state index contributed by atoms with van der Waals surface area (Å²) in [5.41, 5.74) is -0.354. The summed E-state index contributed by atoms with van der Waals surface area (Å²) < 4.78 is 5.71. The van der Waals surface area contributed by atoms with Gasteiger partial charge in [0, 0.05) is 6.54 Å². The fraction of sp³-hybridized carbons (Fsp3) is 0.923. The Morgan fingerprint density at radius 1 is 1.41 bits per heavy atom. The number of ether oxygens (including phenoxy) is 1. The maximum Gasteiger partial charge on any atom is 0.240 e. The van der Waals surface area contributed by atoms with Crippen LogP contribution in [0.5, 0.6) is 0 Å². The summed E-state index contributed by atoms with van der Waals surface area (Å²) in [7, 11) is 0. The van der Waals surface area contributed by atoms with Crippen molar-refractivity contribution >= 4 is 5.91 Å². The lowest BCUT2D eigenvalue weighted by atomic mass is 9.99. The lowest BCUT2D eigenvalue weighted by Gasteiger charge is -2.23. The van der Waals surface area contributed by atoms with Crippen LogP contribution in [0.1, 0.15) is 45.4 Å². The highest BCUT2D eigenvalue weighted by molar-refractivity contribution is 5.86. The van der Waals surface area contributed by atoms with Crippen molar-refractivity contribution in [3.05, 3.63) is 0 Å². The van der Waals surface area contributed by atoms with Gasteiger partial charge >= 0.3 is 0 Å². The fourth-order valence-electron chi connectivity index (χ4n) is 2.73. The van der Waals surface area contributed by atoms with Crippen molar-refractivity contribution in [2.24, 2.45) is 0 Å². The Bertz CT molecular complexity index is 256. The minimum absolute atomic E-state index is 0.116. The molecule has 0 aromatic carbocycles. The summed E-state index contributed by atoms with van der Waals surface area (Å²) in [6.07, 6.45) is 7.41. The van der Waals surface area contributed by atoms with Gasteiger partial charge < -0.3 is 15.4 Å². The highest BCUT2D eigenvalue weighted by atomic mass is 16.5. The fourth-order valence-corrected chi connectivity index (χ4v) is 2.73. The van der Waals surface area contributed by atoms with Crippen LogP contribution in [0.4, 0.5) is 0 Å². The zero-order valence-corrected chi connectivity index (χ0v) is 10.8. The van der Waals surface area contributed by atoms with Gasteiger partial charge in [-0.25, -0.2) is 0 Å². The second-order valence-corrected chi connectivity index (χ2v) is 5.40. The van der Waals surface area contributed by atoms with E-state index in [2.05, 4.69) is 10.6 Å². The van der Waals surface area contributed by atoms with Gasteiger partial charge in [-0.3, -0.25) is 4.79 Å². The summed E-state index contributed by atoms with van der Waals surface area (Å²) in [4.78, 5) is 11.9. The zero-order chi connectivity index (χ0) is 12.1. The van der Waals surface area contributed by atoms with Crippen molar-refractivity contribution in [1.29, 1.82) is 0 Å². The van der Waals surface area contributed by atoms with E-state index >= 15 is 0 Å². The Labute approximate surface area is 103 Å². The van der Waals surface area contributed by atoms with Gasteiger partial charge in [0.15, 0.2) is 0 Å². The Hall–Kier alpha value is -0.610. The molecule has 1 aliphatic carbocycles. The van der Waals surface area contributed by atoms with E-state index in [1.54, 1.807) is 0 Å². The number of rotatable bonds is 5. The van der Waals surface area contributed by atoms with Crippen LogP contribution in [-0.4, -0.2) is 37.2 Å². The second-order valence-electron chi connectivity index (χ2n) is 5.40. The van der Waals surface area contributed by atoms with Crippen molar-refractivity contribution in [1.82, 2.24) is 10.6 Å². The minimum Gasteiger partial charge on any atom is -0.376 e. The molecule has 98 valence electrons. The number of nitrogens with one attached hydrogen (secondary N) is 2. The van der Waals surface area contributed by atoms with Crippen LogP contribution in [-0.2, 0) is 9.53 Å².